The Balaban J connectivity index is 1.90. The van der Waals surface area contributed by atoms with E-state index in [4.69, 9.17) is 0 Å². The van der Waals surface area contributed by atoms with E-state index in [2.05, 4.69) is 10.6 Å². The zero-order valence-electron chi connectivity index (χ0n) is 14.4. The summed E-state index contributed by atoms with van der Waals surface area (Å²) in [4.78, 5) is 25.1. The Hall–Kier alpha value is -1.97. The topological polar surface area (TPSA) is 98.8 Å². The Morgan fingerprint density at radius 1 is 1.12 bits per heavy atom. The number of hydrogen-bond acceptors (Lipinski definition) is 5. The van der Waals surface area contributed by atoms with Gasteiger partial charge in [-0.15, -0.1) is 0 Å². The largest absolute Gasteiger partial charge is 0.341 e. The number of nitrogens with one attached hydrogen (secondary N) is 2. The quantitative estimate of drug-likeness (QED) is 0.761. The lowest BCUT2D eigenvalue weighted by atomic mass is 10.2. The molecule has 3 amide bonds. The molecule has 1 heterocycles. The molecule has 0 aliphatic carbocycles. The number of hydrogen-bond donors (Lipinski definition) is 2. The molecule has 0 aromatic heterocycles. The number of urea groups is 1. The van der Waals surface area contributed by atoms with Crippen molar-refractivity contribution in [2.24, 2.45) is 0 Å². The maximum atomic E-state index is 12.5. The highest BCUT2D eigenvalue weighted by molar-refractivity contribution is 7.88. The third kappa shape index (κ3) is 5.25. The van der Waals surface area contributed by atoms with Crippen LogP contribution in [0.5, 0.6) is 0 Å². The molecule has 1 atom stereocenters. The highest BCUT2D eigenvalue weighted by Gasteiger charge is 2.31. The van der Waals surface area contributed by atoms with Gasteiger partial charge in [0, 0.05) is 33.2 Å². The van der Waals surface area contributed by atoms with Crippen LogP contribution in [0.3, 0.4) is 0 Å². The first-order valence-electron chi connectivity index (χ1n) is 8.12. The summed E-state index contributed by atoms with van der Waals surface area (Å²) < 4.78 is 26.5. The lowest BCUT2D eigenvalue weighted by Crippen LogP contribution is -2.56. The molecule has 0 radical (unpaired) electrons. The van der Waals surface area contributed by atoms with E-state index in [1.165, 1.54) is 11.4 Å². The molecule has 1 aromatic carbocycles. The van der Waals surface area contributed by atoms with Crippen LogP contribution in [0.2, 0.25) is 0 Å². The monoisotopic (exact) mass is 368 g/mol. The highest BCUT2D eigenvalue weighted by atomic mass is 32.2. The van der Waals surface area contributed by atoms with Gasteiger partial charge in [0.1, 0.15) is 0 Å². The Kier molecular flexibility index (Phi) is 6.51. The van der Waals surface area contributed by atoms with E-state index in [-0.39, 0.29) is 5.75 Å². The summed E-state index contributed by atoms with van der Waals surface area (Å²) in [6, 6.07) is 8.00. The molecule has 0 unspecified atom stereocenters. The number of imide groups is 1. The predicted octanol–water partition coefficient (Wildman–Crippen LogP) is -0.0219. The van der Waals surface area contributed by atoms with Crippen molar-refractivity contribution in [3.05, 3.63) is 35.9 Å². The van der Waals surface area contributed by atoms with Gasteiger partial charge in [-0.05, 0) is 12.5 Å². The standard InChI is InChI=1S/C16H24N4O4S/c1-13(15(21)18-16(22)17-2)19-8-10-20(11-9-19)25(23,24)12-14-6-4-3-5-7-14/h3-7,13H,8-12H2,1-2H3,(H2,17,18,21,22)/t13-/m0/s1. The number of carbonyl (C=O) groups excluding carboxylic acids is 2. The normalized spacial score (nSPS) is 17.7. The molecule has 8 nitrogen and oxygen atoms in total. The van der Waals surface area contributed by atoms with Crippen molar-refractivity contribution in [1.82, 2.24) is 19.8 Å². The lowest BCUT2D eigenvalue weighted by molar-refractivity contribution is -0.125. The number of amides is 3. The van der Waals surface area contributed by atoms with Crippen molar-refractivity contribution in [1.29, 1.82) is 0 Å². The molecule has 25 heavy (non-hydrogen) atoms. The van der Waals surface area contributed by atoms with Gasteiger partial charge in [-0.25, -0.2) is 13.2 Å². The van der Waals surface area contributed by atoms with Crippen LogP contribution in [0.15, 0.2) is 30.3 Å². The van der Waals surface area contributed by atoms with Crippen molar-refractivity contribution in [3.8, 4) is 0 Å². The molecule has 1 aromatic rings. The molecule has 0 bridgehead atoms. The molecule has 9 heteroatoms. The first-order valence-corrected chi connectivity index (χ1v) is 9.73. The van der Waals surface area contributed by atoms with Crippen LogP contribution in [0.4, 0.5) is 4.79 Å². The molecule has 1 fully saturated rings. The molecule has 1 saturated heterocycles. The number of nitrogens with zero attached hydrogens (tertiary/aromatic N) is 2. The highest BCUT2D eigenvalue weighted by Crippen LogP contribution is 2.15. The predicted molar refractivity (Wildman–Crippen MR) is 94.3 cm³/mol. The Morgan fingerprint density at radius 3 is 2.28 bits per heavy atom. The van der Waals surface area contributed by atoms with E-state index in [1.54, 1.807) is 19.1 Å². The molecule has 2 N–H and O–H groups in total. The minimum atomic E-state index is -3.39. The van der Waals surface area contributed by atoms with Gasteiger partial charge in [-0.1, -0.05) is 30.3 Å². The van der Waals surface area contributed by atoms with E-state index < -0.39 is 28.0 Å². The molecule has 138 valence electrons. The van der Waals surface area contributed by atoms with Gasteiger partial charge < -0.3 is 5.32 Å². The zero-order valence-corrected chi connectivity index (χ0v) is 15.3. The maximum absolute atomic E-state index is 12.5. The summed E-state index contributed by atoms with van der Waals surface area (Å²) in [7, 11) is -1.95. The molecule has 1 aliphatic heterocycles. The summed E-state index contributed by atoms with van der Waals surface area (Å²) in [5.41, 5.74) is 0.753. The lowest BCUT2D eigenvalue weighted by Gasteiger charge is -2.36. The number of sulfonamides is 1. The van der Waals surface area contributed by atoms with Crippen LogP contribution in [0, 0.1) is 0 Å². The second-order valence-electron chi connectivity index (χ2n) is 5.92. The van der Waals surface area contributed by atoms with Gasteiger partial charge >= 0.3 is 6.03 Å². The van der Waals surface area contributed by atoms with Gasteiger partial charge in [-0.2, -0.15) is 4.31 Å². The number of carbonyl (C=O) groups is 2. The number of piperazine rings is 1. The van der Waals surface area contributed by atoms with Crippen molar-refractivity contribution in [2.45, 2.75) is 18.7 Å². The summed E-state index contributed by atoms with van der Waals surface area (Å²) in [6.45, 7) is 3.23. The summed E-state index contributed by atoms with van der Waals surface area (Å²) in [5, 5.41) is 4.57. The second-order valence-corrected chi connectivity index (χ2v) is 7.89. The number of rotatable bonds is 5. The molecular formula is C16H24N4O4S. The summed E-state index contributed by atoms with van der Waals surface area (Å²) in [6.07, 6.45) is 0. The van der Waals surface area contributed by atoms with Gasteiger partial charge in [-0.3, -0.25) is 15.0 Å². The van der Waals surface area contributed by atoms with Crippen LogP contribution in [-0.2, 0) is 20.6 Å². The van der Waals surface area contributed by atoms with Crippen LogP contribution in [0.1, 0.15) is 12.5 Å². The Labute approximate surface area is 148 Å². The van der Waals surface area contributed by atoms with Crippen molar-refractivity contribution in [2.75, 3.05) is 33.2 Å². The van der Waals surface area contributed by atoms with Crippen LogP contribution < -0.4 is 10.6 Å². The van der Waals surface area contributed by atoms with Crippen molar-refractivity contribution in [3.63, 3.8) is 0 Å². The van der Waals surface area contributed by atoms with Gasteiger partial charge in [0.15, 0.2) is 0 Å². The van der Waals surface area contributed by atoms with E-state index in [1.807, 2.05) is 23.1 Å². The van der Waals surface area contributed by atoms with Crippen molar-refractivity contribution < 1.29 is 18.0 Å². The van der Waals surface area contributed by atoms with Gasteiger partial charge in [0.25, 0.3) is 0 Å². The average molecular weight is 368 g/mol. The molecule has 0 saturated carbocycles. The first kappa shape index (κ1) is 19.4. The molecule has 2 rings (SSSR count). The van der Waals surface area contributed by atoms with Crippen LogP contribution >= 0.6 is 0 Å². The molecule has 0 spiro atoms. The fraction of sp³-hybridized carbons (Fsp3) is 0.500. The fourth-order valence-corrected chi connectivity index (χ4v) is 4.21. The van der Waals surface area contributed by atoms with Crippen LogP contribution in [0.25, 0.3) is 0 Å². The van der Waals surface area contributed by atoms with E-state index in [0.29, 0.717) is 26.2 Å². The minimum Gasteiger partial charge on any atom is -0.341 e. The summed E-state index contributed by atoms with van der Waals surface area (Å²) in [5.74, 6) is -0.430. The first-order chi connectivity index (χ1) is 11.8. The molecular weight excluding hydrogens is 344 g/mol. The third-order valence-electron chi connectivity index (χ3n) is 4.25. The van der Waals surface area contributed by atoms with E-state index in [9.17, 15) is 18.0 Å². The van der Waals surface area contributed by atoms with Gasteiger partial charge in [0.2, 0.25) is 15.9 Å². The Bertz CT molecular complexity index is 700. The van der Waals surface area contributed by atoms with E-state index >= 15 is 0 Å². The summed E-state index contributed by atoms with van der Waals surface area (Å²) >= 11 is 0. The SMILES string of the molecule is CNC(=O)NC(=O)[C@H](C)N1CCN(S(=O)(=O)Cc2ccccc2)CC1. The fourth-order valence-electron chi connectivity index (χ4n) is 2.69. The van der Waals surface area contributed by atoms with Crippen molar-refractivity contribution >= 4 is 22.0 Å². The minimum absolute atomic E-state index is 0.0272. The molecule has 1 aliphatic rings. The zero-order chi connectivity index (χ0) is 18.4. The smallest absolute Gasteiger partial charge is 0.321 e. The van der Waals surface area contributed by atoms with Gasteiger partial charge in [0.05, 0.1) is 11.8 Å². The Morgan fingerprint density at radius 2 is 1.72 bits per heavy atom. The van der Waals surface area contributed by atoms with E-state index in [0.717, 1.165) is 5.56 Å². The number of benzene rings is 1. The van der Waals surface area contributed by atoms with Crippen LogP contribution in [-0.4, -0.2) is 68.8 Å². The maximum Gasteiger partial charge on any atom is 0.321 e. The second kappa shape index (κ2) is 8.41. The third-order valence-corrected chi connectivity index (χ3v) is 6.10. The average Bonchev–Trinajstić information content (AvgIpc) is 2.61.